The molecule has 0 aliphatic rings. The lowest BCUT2D eigenvalue weighted by atomic mass is 10.0. The van der Waals surface area contributed by atoms with Gasteiger partial charge in [-0.05, 0) is 18.2 Å². The summed E-state index contributed by atoms with van der Waals surface area (Å²) in [7, 11) is 0. The molecule has 0 bridgehead atoms. The van der Waals surface area contributed by atoms with Crippen molar-refractivity contribution in [1.82, 2.24) is 15.0 Å². The topological polar surface area (TPSA) is 81.8 Å². The number of nitrogens with two attached hydrogens (primary N) is 1. The molecule has 0 radical (unpaired) electrons. The Labute approximate surface area is 144 Å². The molecule has 0 atom stereocenters. The Hall–Kier alpha value is -3.60. The van der Waals surface area contributed by atoms with Crippen LogP contribution >= 0.6 is 0 Å². The number of hydrogen-bond donors (Lipinski definition) is 1. The molecule has 0 amide bonds. The van der Waals surface area contributed by atoms with Crippen molar-refractivity contribution in [3.63, 3.8) is 0 Å². The van der Waals surface area contributed by atoms with Crippen molar-refractivity contribution in [2.75, 3.05) is 5.73 Å². The van der Waals surface area contributed by atoms with Gasteiger partial charge in [0.2, 0.25) is 0 Å². The quantitative estimate of drug-likeness (QED) is 0.580. The van der Waals surface area contributed by atoms with E-state index in [1.807, 2.05) is 60.7 Å². The fourth-order valence-corrected chi connectivity index (χ4v) is 2.77. The van der Waals surface area contributed by atoms with Gasteiger partial charge in [-0.3, -0.25) is 9.78 Å². The van der Waals surface area contributed by atoms with Gasteiger partial charge in [-0.15, -0.1) is 0 Å². The van der Waals surface area contributed by atoms with E-state index in [9.17, 15) is 4.79 Å². The second-order valence-electron chi connectivity index (χ2n) is 5.59. The highest BCUT2D eigenvalue weighted by Gasteiger charge is 2.15. The lowest BCUT2D eigenvalue weighted by Gasteiger charge is -2.11. The summed E-state index contributed by atoms with van der Waals surface area (Å²) < 4.78 is 0. The minimum absolute atomic E-state index is 0.125. The van der Waals surface area contributed by atoms with Gasteiger partial charge in [-0.25, -0.2) is 9.97 Å². The number of aldehydes is 1. The maximum absolute atomic E-state index is 11.3. The largest absolute Gasteiger partial charge is 0.382 e. The Kier molecular flexibility index (Phi) is 3.67. The van der Waals surface area contributed by atoms with E-state index in [1.54, 1.807) is 6.20 Å². The van der Waals surface area contributed by atoms with Crippen LogP contribution in [0.4, 0.5) is 5.82 Å². The van der Waals surface area contributed by atoms with Crippen LogP contribution in [0, 0.1) is 0 Å². The number of nitrogens with zero attached hydrogens (tertiary/aromatic N) is 3. The normalized spacial score (nSPS) is 10.7. The molecule has 0 spiro atoms. The van der Waals surface area contributed by atoms with Crippen molar-refractivity contribution in [1.29, 1.82) is 0 Å². The molecule has 2 aromatic carbocycles. The predicted octanol–water partition coefficient (Wildman–Crippen LogP) is 3.75. The first kappa shape index (κ1) is 15.0. The number of hydrogen-bond acceptors (Lipinski definition) is 5. The molecule has 2 heterocycles. The van der Waals surface area contributed by atoms with E-state index >= 15 is 0 Å². The summed E-state index contributed by atoms with van der Waals surface area (Å²) in [6.07, 6.45) is 2.38. The lowest BCUT2D eigenvalue weighted by Crippen LogP contribution is -2.04. The molecule has 5 heteroatoms. The molecule has 0 saturated carbocycles. The van der Waals surface area contributed by atoms with Gasteiger partial charge in [-0.1, -0.05) is 42.5 Å². The number of benzene rings is 2. The van der Waals surface area contributed by atoms with Crippen molar-refractivity contribution < 1.29 is 4.79 Å². The molecule has 0 aliphatic heterocycles. The number of fused-ring (bicyclic) bond motifs is 1. The zero-order valence-electron chi connectivity index (χ0n) is 13.3. The molecule has 2 aromatic heterocycles. The van der Waals surface area contributed by atoms with Crippen LogP contribution in [0.1, 0.15) is 10.5 Å². The fourth-order valence-electron chi connectivity index (χ4n) is 2.77. The van der Waals surface area contributed by atoms with Gasteiger partial charge in [0.15, 0.2) is 12.1 Å². The molecule has 0 aliphatic carbocycles. The first-order chi connectivity index (χ1) is 12.3. The maximum atomic E-state index is 11.3. The Morgan fingerprint density at radius 1 is 0.840 bits per heavy atom. The number of anilines is 1. The van der Waals surface area contributed by atoms with Crippen LogP contribution < -0.4 is 5.73 Å². The highest BCUT2D eigenvalue weighted by molar-refractivity contribution is 5.89. The third-order valence-corrected chi connectivity index (χ3v) is 3.99. The predicted molar refractivity (Wildman–Crippen MR) is 98.0 cm³/mol. The van der Waals surface area contributed by atoms with E-state index in [-0.39, 0.29) is 11.5 Å². The van der Waals surface area contributed by atoms with Gasteiger partial charge in [0.05, 0.1) is 16.9 Å². The molecular formula is C20H14N4O. The number of nitrogen functional groups attached to an aromatic ring is 1. The number of rotatable bonds is 3. The third-order valence-electron chi connectivity index (χ3n) is 3.99. The Morgan fingerprint density at radius 2 is 1.64 bits per heavy atom. The van der Waals surface area contributed by atoms with Crippen molar-refractivity contribution in [2.45, 2.75) is 0 Å². The highest BCUT2D eigenvalue weighted by Crippen LogP contribution is 2.31. The zero-order chi connectivity index (χ0) is 17.2. The second kappa shape index (κ2) is 6.13. The molecule has 2 N–H and O–H groups in total. The monoisotopic (exact) mass is 326 g/mol. The van der Waals surface area contributed by atoms with Crippen molar-refractivity contribution in [3.05, 3.63) is 72.6 Å². The molecule has 0 saturated heterocycles. The maximum Gasteiger partial charge on any atom is 0.172 e. The minimum atomic E-state index is 0.125. The molecule has 120 valence electrons. The number of pyridine rings is 1. The van der Waals surface area contributed by atoms with E-state index in [0.29, 0.717) is 17.7 Å². The summed E-state index contributed by atoms with van der Waals surface area (Å²) in [6.45, 7) is 0. The number of carbonyl (C=O) groups excluding carboxylic acids is 1. The van der Waals surface area contributed by atoms with Crippen LogP contribution in [0.25, 0.3) is 33.4 Å². The highest BCUT2D eigenvalue weighted by atomic mass is 16.1. The first-order valence-corrected chi connectivity index (χ1v) is 7.79. The Morgan fingerprint density at radius 3 is 2.44 bits per heavy atom. The summed E-state index contributed by atoms with van der Waals surface area (Å²) in [6, 6.07) is 19.4. The van der Waals surface area contributed by atoms with Crippen LogP contribution in [0.2, 0.25) is 0 Å². The van der Waals surface area contributed by atoms with Crippen LogP contribution in [-0.4, -0.2) is 21.2 Å². The summed E-state index contributed by atoms with van der Waals surface area (Å²) >= 11 is 0. The van der Waals surface area contributed by atoms with E-state index in [2.05, 4.69) is 15.0 Å². The average molecular weight is 326 g/mol. The van der Waals surface area contributed by atoms with Crippen LogP contribution in [0.3, 0.4) is 0 Å². The molecule has 4 rings (SSSR count). The van der Waals surface area contributed by atoms with E-state index in [1.165, 1.54) is 0 Å². The molecule has 0 unspecified atom stereocenters. The van der Waals surface area contributed by atoms with Gasteiger partial charge in [-0.2, -0.15) is 0 Å². The number of aromatic nitrogens is 3. The fraction of sp³-hybridized carbons (Fsp3) is 0. The standard InChI is InChI=1S/C20H14N4O/c21-20-17(12-25)23-19(18(24-20)13-5-2-1-3-6-13)15-8-9-16-14(11-15)7-4-10-22-16/h1-12H,(H2,21,24). The minimum Gasteiger partial charge on any atom is -0.382 e. The Balaban J connectivity index is 1.99. The molecule has 25 heavy (non-hydrogen) atoms. The van der Waals surface area contributed by atoms with E-state index in [0.717, 1.165) is 22.0 Å². The van der Waals surface area contributed by atoms with Gasteiger partial charge >= 0.3 is 0 Å². The van der Waals surface area contributed by atoms with Gasteiger partial charge in [0.1, 0.15) is 5.69 Å². The van der Waals surface area contributed by atoms with Gasteiger partial charge in [0, 0.05) is 22.7 Å². The van der Waals surface area contributed by atoms with Crippen LogP contribution in [0.15, 0.2) is 66.9 Å². The molecule has 5 nitrogen and oxygen atoms in total. The first-order valence-electron chi connectivity index (χ1n) is 7.79. The SMILES string of the molecule is Nc1nc(-c2ccccc2)c(-c2ccc3ncccc3c2)nc1C=O. The number of carbonyl (C=O) groups is 1. The van der Waals surface area contributed by atoms with Crippen molar-refractivity contribution in [3.8, 4) is 22.5 Å². The van der Waals surface area contributed by atoms with Gasteiger partial charge < -0.3 is 5.73 Å². The third kappa shape index (κ3) is 2.72. The molecule has 4 aromatic rings. The van der Waals surface area contributed by atoms with Crippen LogP contribution in [0.5, 0.6) is 0 Å². The smallest absolute Gasteiger partial charge is 0.172 e. The molecular weight excluding hydrogens is 312 g/mol. The van der Waals surface area contributed by atoms with Crippen molar-refractivity contribution >= 4 is 23.0 Å². The lowest BCUT2D eigenvalue weighted by molar-refractivity contribution is 0.111. The zero-order valence-corrected chi connectivity index (χ0v) is 13.3. The second-order valence-corrected chi connectivity index (χ2v) is 5.59. The summed E-state index contributed by atoms with van der Waals surface area (Å²) in [5, 5.41) is 0.991. The Bertz CT molecular complexity index is 1080. The summed E-state index contributed by atoms with van der Waals surface area (Å²) in [5.41, 5.74) is 9.94. The van der Waals surface area contributed by atoms with Gasteiger partial charge in [0.25, 0.3) is 0 Å². The van der Waals surface area contributed by atoms with E-state index < -0.39 is 0 Å². The average Bonchev–Trinajstić information content (AvgIpc) is 2.68. The molecule has 0 fully saturated rings. The summed E-state index contributed by atoms with van der Waals surface area (Å²) in [4.78, 5) is 24.5. The van der Waals surface area contributed by atoms with Crippen molar-refractivity contribution in [2.24, 2.45) is 0 Å². The summed E-state index contributed by atoms with van der Waals surface area (Å²) in [5.74, 6) is 0.125. The van der Waals surface area contributed by atoms with Crippen LogP contribution in [-0.2, 0) is 0 Å². The van der Waals surface area contributed by atoms with E-state index in [4.69, 9.17) is 5.73 Å².